The maximum absolute atomic E-state index is 6.07. The molecule has 2 unspecified atom stereocenters. The van der Waals surface area contributed by atoms with E-state index >= 15 is 0 Å². The van der Waals surface area contributed by atoms with Gasteiger partial charge in [0.1, 0.15) is 6.10 Å². The van der Waals surface area contributed by atoms with Gasteiger partial charge in [-0.05, 0) is 34.8 Å². The zero-order chi connectivity index (χ0) is 11.3. The van der Waals surface area contributed by atoms with Crippen molar-refractivity contribution in [3.63, 3.8) is 0 Å². The molecule has 2 atom stereocenters. The highest BCUT2D eigenvalue weighted by molar-refractivity contribution is 9.10. The Balaban J connectivity index is 2.71. The summed E-state index contributed by atoms with van der Waals surface area (Å²) in [5.74, 6) is 0. The van der Waals surface area contributed by atoms with Crippen molar-refractivity contribution in [2.75, 3.05) is 6.61 Å². The zero-order valence-corrected chi connectivity index (χ0v) is 11.6. The van der Waals surface area contributed by atoms with Crippen molar-refractivity contribution in [2.45, 2.75) is 38.8 Å². The van der Waals surface area contributed by atoms with Crippen molar-refractivity contribution in [3.8, 4) is 0 Å². The molecule has 86 valence electrons. The van der Waals surface area contributed by atoms with E-state index in [4.69, 9.17) is 10.5 Å². The van der Waals surface area contributed by atoms with Crippen LogP contribution in [0.3, 0.4) is 0 Å². The Morgan fingerprint density at radius 2 is 2.27 bits per heavy atom. The van der Waals surface area contributed by atoms with Crippen LogP contribution >= 0.6 is 27.3 Å². The number of ether oxygens (including phenoxy) is 1. The quantitative estimate of drug-likeness (QED) is 0.867. The molecule has 0 bridgehead atoms. The average molecular weight is 292 g/mol. The lowest BCUT2D eigenvalue weighted by atomic mass is 10.1. The van der Waals surface area contributed by atoms with Crippen LogP contribution in [0.4, 0.5) is 0 Å². The van der Waals surface area contributed by atoms with Gasteiger partial charge in [-0.1, -0.05) is 13.8 Å². The normalized spacial score (nSPS) is 15.2. The Bertz CT molecular complexity index is 290. The topological polar surface area (TPSA) is 35.2 Å². The minimum absolute atomic E-state index is 0.0475. The monoisotopic (exact) mass is 291 g/mol. The number of rotatable bonds is 6. The molecule has 2 nitrogen and oxygen atoms in total. The highest BCUT2D eigenvalue weighted by Gasteiger charge is 2.20. The van der Waals surface area contributed by atoms with Gasteiger partial charge in [-0.3, -0.25) is 0 Å². The summed E-state index contributed by atoms with van der Waals surface area (Å²) in [5.41, 5.74) is 6.07. The summed E-state index contributed by atoms with van der Waals surface area (Å²) in [6.45, 7) is 4.97. The zero-order valence-electron chi connectivity index (χ0n) is 9.20. The fraction of sp³-hybridized carbons (Fsp3) is 0.636. The second-order valence-corrected chi connectivity index (χ2v) is 5.39. The van der Waals surface area contributed by atoms with E-state index in [2.05, 4.69) is 41.2 Å². The molecule has 1 heterocycles. The molecule has 15 heavy (non-hydrogen) atoms. The second-order valence-electron chi connectivity index (χ2n) is 3.53. The summed E-state index contributed by atoms with van der Waals surface area (Å²) in [4.78, 5) is 1.21. The highest BCUT2D eigenvalue weighted by atomic mass is 79.9. The van der Waals surface area contributed by atoms with E-state index in [1.807, 2.05) is 0 Å². The molecular formula is C11H18BrNOS. The van der Waals surface area contributed by atoms with Gasteiger partial charge in [0.2, 0.25) is 0 Å². The average Bonchev–Trinajstić information content (AvgIpc) is 2.65. The van der Waals surface area contributed by atoms with E-state index in [-0.39, 0.29) is 12.1 Å². The van der Waals surface area contributed by atoms with E-state index in [9.17, 15) is 0 Å². The van der Waals surface area contributed by atoms with E-state index in [1.165, 1.54) is 4.88 Å². The predicted molar refractivity (Wildman–Crippen MR) is 69.3 cm³/mol. The summed E-state index contributed by atoms with van der Waals surface area (Å²) >= 11 is 5.15. The maximum Gasteiger partial charge on any atom is 0.107 e. The van der Waals surface area contributed by atoms with Gasteiger partial charge >= 0.3 is 0 Å². The number of hydrogen-bond donors (Lipinski definition) is 1. The van der Waals surface area contributed by atoms with Crippen molar-refractivity contribution in [3.05, 3.63) is 20.8 Å². The third-order valence-electron chi connectivity index (χ3n) is 2.23. The molecule has 0 saturated heterocycles. The standard InChI is InChI=1S/C11H18BrNOS/c1-3-5-14-11(9(13)4-2)10-6-8(12)7-15-10/h6-7,9,11H,3-5,13H2,1-2H3. The molecule has 0 aliphatic carbocycles. The Morgan fingerprint density at radius 1 is 1.53 bits per heavy atom. The van der Waals surface area contributed by atoms with E-state index in [0.717, 1.165) is 23.9 Å². The van der Waals surface area contributed by atoms with Crippen molar-refractivity contribution < 1.29 is 4.74 Å². The first-order valence-electron chi connectivity index (χ1n) is 5.30. The third-order valence-corrected chi connectivity index (χ3v) is 3.98. The molecule has 1 aromatic heterocycles. The molecule has 4 heteroatoms. The molecule has 0 aromatic carbocycles. The third kappa shape index (κ3) is 3.87. The fourth-order valence-corrected chi connectivity index (χ4v) is 2.92. The van der Waals surface area contributed by atoms with E-state index < -0.39 is 0 Å². The van der Waals surface area contributed by atoms with Crippen LogP contribution < -0.4 is 5.73 Å². The van der Waals surface area contributed by atoms with Crippen molar-refractivity contribution in [1.29, 1.82) is 0 Å². The second kappa shape index (κ2) is 6.63. The summed E-state index contributed by atoms with van der Waals surface area (Å²) < 4.78 is 6.92. The lowest BCUT2D eigenvalue weighted by Gasteiger charge is -2.22. The molecule has 0 radical (unpaired) electrons. The number of halogens is 1. The summed E-state index contributed by atoms with van der Waals surface area (Å²) in [7, 11) is 0. The summed E-state index contributed by atoms with van der Waals surface area (Å²) in [6.07, 6.45) is 2.01. The molecule has 0 spiro atoms. The maximum atomic E-state index is 6.07. The van der Waals surface area contributed by atoms with Crippen LogP contribution in [0.5, 0.6) is 0 Å². The van der Waals surface area contributed by atoms with Gasteiger partial charge in [-0.2, -0.15) is 0 Å². The molecule has 0 aliphatic heterocycles. The molecule has 1 rings (SSSR count). The van der Waals surface area contributed by atoms with Crippen molar-refractivity contribution in [2.24, 2.45) is 5.73 Å². The van der Waals surface area contributed by atoms with Crippen LogP contribution in [0.2, 0.25) is 0 Å². The van der Waals surface area contributed by atoms with Gasteiger partial charge in [-0.15, -0.1) is 11.3 Å². The molecule has 0 fully saturated rings. The molecule has 0 aliphatic rings. The fourth-order valence-electron chi connectivity index (χ4n) is 1.35. The van der Waals surface area contributed by atoms with Crippen LogP contribution in [0, 0.1) is 0 Å². The minimum Gasteiger partial charge on any atom is -0.371 e. The van der Waals surface area contributed by atoms with Gasteiger partial charge < -0.3 is 10.5 Å². The van der Waals surface area contributed by atoms with E-state index in [0.29, 0.717) is 0 Å². The predicted octanol–water partition coefficient (Wildman–Crippen LogP) is 3.72. The van der Waals surface area contributed by atoms with Crippen LogP contribution in [-0.2, 0) is 4.74 Å². The van der Waals surface area contributed by atoms with E-state index in [1.54, 1.807) is 11.3 Å². The lowest BCUT2D eigenvalue weighted by molar-refractivity contribution is 0.0363. The van der Waals surface area contributed by atoms with Gasteiger partial charge in [0.25, 0.3) is 0 Å². The highest BCUT2D eigenvalue weighted by Crippen LogP contribution is 2.30. The van der Waals surface area contributed by atoms with Gasteiger partial charge in [0, 0.05) is 27.4 Å². The Morgan fingerprint density at radius 3 is 2.73 bits per heavy atom. The van der Waals surface area contributed by atoms with Gasteiger partial charge in [-0.25, -0.2) is 0 Å². The van der Waals surface area contributed by atoms with Crippen molar-refractivity contribution >= 4 is 27.3 Å². The van der Waals surface area contributed by atoms with Crippen LogP contribution in [0.25, 0.3) is 0 Å². The smallest absolute Gasteiger partial charge is 0.107 e. The van der Waals surface area contributed by atoms with Crippen LogP contribution in [0.15, 0.2) is 15.9 Å². The first-order valence-corrected chi connectivity index (χ1v) is 6.97. The SMILES string of the molecule is CCCOC(c1cc(Br)cs1)C(N)CC. The Kier molecular flexibility index (Phi) is 5.82. The molecule has 0 saturated carbocycles. The van der Waals surface area contributed by atoms with Crippen molar-refractivity contribution in [1.82, 2.24) is 0 Å². The largest absolute Gasteiger partial charge is 0.371 e. The first-order chi connectivity index (χ1) is 7.19. The van der Waals surface area contributed by atoms with Gasteiger partial charge in [0.05, 0.1) is 0 Å². The van der Waals surface area contributed by atoms with Crippen LogP contribution in [-0.4, -0.2) is 12.6 Å². The lowest BCUT2D eigenvalue weighted by Crippen LogP contribution is -2.29. The molecule has 0 amide bonds. The molecule has 2 N–H and O–H groups in total. The minimum atomic E-state index is 0.0475. The summed E-state index contributed by atoms with van der Waals surface area (Å²) in [5, 5.41) is 2.07. The number of nitrogens with two attached hydrogens (primary N) is 1. The summed E-state index contributed by atoms with van der Waals surface area (Å²) in [6, 6.07) is 2.18. The molecule has 1 aromatic rings. The Hall–Kier alpha value is 0.1000. The Labute approximate surface area is 104 Å². The van der Waals surface area contributed by atoms with Crippen LogP contribution in [0.1, 0.15) is 37.7 Å². The van der Waals surface area contributed by atoms with Gasteiger partial charge in [0.15, 0.2) is 0 Å². The first kappa shape index (κ1) is 13.2. The molecular weight excluding hydrogens is 274 g/mol. The number of thiophene rings is 1. The number of hydrogen-bond acceptors (Lipinski definition) is 3.